The third-order valence-electron chi connectivity index (χ3n) is 4.85. The van der Waals surface area contributed by atoms with Gasteiger partial charge in [-0.3, -0.25) is 0 Å². The molecule has 0 radical (unpaired) electrons. The first-order valence-corrected chi connectivity index (χ1v) is 7.88. The fourth-order valence-corrected chi connectivity index (χ4v) is 3.31. The summed E-state index contributed by atoms with van der Waals surface area (Å²) in [5.74, 6) is 1.21. The molecule has 0 bridgehead atoms. The molecular formula is C18H29NO. The largest absolute Gasteiger partial charge is 0.508 e. The maximum Gasteiger partial charge on any atom is 0.115 e. The van der Waals surface area contributed by atoms with Crippen LogP contribution in [0.5, 0.6) is 5.75 Å². The van der Waals surface area contributed by atoms with Crippen LogP contribution >= 0.6 is 0 Å². The molecule has 1 atom stereocenters. The van der Waals surface area contributed by atoms with Crippen molar-refractivity contribution in [3.05, 3.63) is 29.8 Å². The summed E-state index contributed by atoms with van der Waals surface area (Å²) in [6.45, 7) is 11.9. The zero-order valence-corrected chi connectivity index (χ0v) is 13.4. The van der Waals surface area contributed by atoms with E-state index in [1.807, 2.05) is 12.1 Å². The van der Waals surface area contributed by atoms with Crippen LogP contribution in [0.15, 0.2) is 24.3 Å². The van der Waals surface area contributed by atoms with Crippen molar-refractivity contribution in [3.63, 3.8) is 0 Å². The molecular weight excluding hydrogens is 246 g/mol. The Hall–Kier alpha value is -1.02. The highest BCUT2D eigenvalue weighted by Gasteiger charge is 2.30. The first-order valence-electron chi connectivity index (χ1n) is 7.88. The van der Waals surface area contributed by atoms with Crippen molar-refractivity contribution >= 4 is 0 Å². The SMILES string of the molecule is CC(Cc1ccc(O)cc1)N1CCC(C(C)(C)C)CC1. The number of rotatable bonds is 3. The first-order chi connectivity index (χ1) is 9.36. The number of phenolic OH excluding ortho intramolecular Hbond substituents is 1. The molecule has 0 aromatic heterocycles. The Bertz CT molecular complexity index is 410. The molecule has 1 aromatic rings. The maximum atomic E-state index is 9.33. The third-order valence-corrected chi connectivity index (χ3v) is 4.85. The number of piperidine rings is 1. The summed E-state index contributed by atoms with van der Waals surface area (Å²) in [4.78, 5) is 2.62. The molecule has 2 nitrogen and oxygen atoms in total. The number of hydrogen-bond acceptors (Lipinski definition) is 2. The number of benzene rings is 1. The lowest BCUT2D eigenvalue weighted by atomic mass is 9.75. The van der Waals surface area contributed by atoms with Gasteiger partial charge in [-0.05, 0) is 68.3 Å². The molecule has 1 N–H and O–H groups in total. The molecule has 112 valence electrons. The van der Waals surface area contributed by atoms with Crippen LogP contribution < -0.4 is 0 Å². The van der Waals surface area contributed by atoms with Gasteiger partial charge in [0.05, 0.1) is 0 Å². The van der Waals surface area contributed by atoms with Crippen molar-refractivity contribution in [3.8, 4) is 5.75 Å². The highest BCUT2D eigenvalue weighted by Crippen LogP contribution is 2.34. The lowest BCUT2D eigenvalue weighted by molar-refractivity contribution is 0.0878. The Labute approximate surface area is 123 Å². The van der Waals surface area contributed by atoms with E-state index in [0.29, 0.717) is 17.2 Å². The predicted octanol–water partition coefficient (Wildman–Crippen LogP) is 4.08. The summed E-state index contributed by atoms with van der Waals surface area (Å²) in [5.41, 5.74) is 1.76. The van der Waals surface area contributed by atoms with Gasteiger partial charge in [0, 0.05) is 6.04 Å². The summed E-state index contributed by atoms with van der Waals surface area (Å²) < 4.78 is 0. The highest BCUT2D eigenvalue weighted by atomic mass is 16.3. The van der Waals surface area contributed by atoms with Crippen LogP contribution in [0.3, 0.4) is 0 Å². The summed E-state index contributed by atoms with van der Waals surface area (Å²) in [5, 5.41) is 9.33. The van der Waals surface area contributed by atoms with E-state index in [-0.39, 0.29) is 0 Å². The molecule has 0 spiro atoms. The van der Waals surface area contributed by atoms with E-state index in [1.54, 1.807) is 12.1 Å². The zero-order chi connectivity index (χ0) is 14.8. The fourth-order valence-electron chi connectivity index (χ4n) is 3.31. The second-order valence-electron chi connectivity index (χ2n) is 7.40. The second kappa shape index (κ2) is 6.17. The second-order valence-corrected chi connectivity index (χ2v) is 7.40. The number of hydrogen-bond donors (Lipinski definition) is 1. The molecule has 1 fully saturated rings. The Morgan fingerprint density at radius 3 is 2.20 bits per heavy atom. The van der Waals surface area contributed by atoms with Crippen molar-refractivity contribution in [2.75, 3.05) is 13.1 Å². The lowest BCUT2D eigenvalue weighted by Crippen LogP contribution is -2.43. The van der Waals surface area contributed by atoms with Crippen LogP contribution in [-0.2, 0) is 6.42 Å². The minimum Gasteiger partial charge on any atom is -0.508 e. The van der Waals surface area contributed by atoms with E-state index < -0.39 is 0 Å². The van der Waals surface area contributed by atoms with Gasteiger partial charge in [0.15, 0.2) is 0 Å². The van der Waals surface area contributed by atoms with Crippen LogP contribution in [0.1, 0.15) is 46.1 Å². The number of aromatic hydroxyl groups is 1. The predicted molar refractivity (Wildman–Crippen MR) is 85.0 cm³/mol. The molecule has 1 aliphatic heterocycles. The van der Waals surface area contributed by atoms with Gasteiger partial charge in [0.25, 0.3) is 0 Å². The number of likely N-dealkylation sites (tertiary alicyclic amines) is 1. The van der Waals surface area contributed by atoms with E-state index in [4.69, 9.17) is 0 Å². The Morgan fingerprint density at radius 2 is 1.70 bits per heavy atom. The van der Waals surface area contributed by atoms with Crippen LogP contribution in [0.25, 0.3) is 0 Å². The molecule has 1 unspecified atom stereocenters. The van der Waals surface area contributed by atoms with Crippen molar-refractivity contribution in [1.82, 2.24) is 4.90 Å². The summed E-state index contributed by atoms with van der Waals surface area (Å²) in [6, 6.07) is 8.23. The molecule has 0 saturated carbocycles. The fraction of sp³-hybridized carbons (Fsp3) is 0.667. The molecule has 0 amide bonds. The van der Waals surface area contributed by atoms with Crippen LogP contribution in [0.2, 0.25) is 0 Å². The molecule has 1 aromatic carbocycles. The van der Waals surface area contributed by atoms with E-state index >= 15 is 0 Å². The van der Waals surface area contributed by atoms with Crippen molar-refractivity contribution in [2.24, 2.45) is 11.3 Å². The van der Waals surface area contributed by atoms with Crippen molar-refractivity contribution in [2.45, 2.75) is 53.0 Å². The van der Waals surface area contributed by atoms with Crippen molar-refractivity contribution in [1.29, 1.82) is 0 Å². The molecule has 1 saturated heterocycles. The van der Waals surface area contributed by atoms with E-state index in [2.05, 4.69) is 32.6 Å². The molecule has 20 heavy (non-hydrogen) atoms. The smallest absolute Gasteiger partial charge is 0.115 e. The Balaban J connectivity index is 1.85. The topological polar surface area (TPSA) is 23.5 Å². The average molecular weight is 275 g/mol. The molecule has 1 aliphatic rings. The normalized spacial score (nSPS) is 20.0. The minimum absolute atomic E-state index is 0.354. The maximum absolute atomic E-state index is 9.33. The van der Waals surface area contributed by atoms with Crippen LogP contribution in [0, 0.1) is 11.3 Å². The van der Waals surface area contributed by atoms with E-state index in [0.717, 1.165) is 12.3 Å². The standard InChI is InChI=1S/C18H29NO/c1-14(13-15-5-7-17(20)8-6-15)19-11-9-16(10-12-19)18(2,3)4/h5-8,14,16,20H,9-13H2,1-4H3. The average Bonchev–Trinajstić information content (AvgIpc) is 2.40. The van der Waals surface area contributed by atoms with Gasteiger partial charge in [0.1, 0.15) is 5.75 Å². The summed E-state index contributed by atoms with van der Waals surface area (Å²) >= 11 is 0. The van der Waals surface area contributed by atoms with Gasteiger partial charge in [-0.2, -0.15) is 0 Å². The van der Waals surface area contributed by atoms with Crippen molar-refractivity contribution < 1.29 is 5.11 Å². The van der Waals surface area contributed by atoms with Gasteiger partial charge in [-0.25, -0.2) is 0 Å². The highest BCUT2D eigenvalue weighted by molar-refractivity contribution is 5.26. The molecule has 1 heterocycles. The molecule has 2 heteroatoms. The molecule has 0 aliphatic carbocycles. The quantitative estimate of drug-likeness (QED) is 0.898. The first kappa shape index (κ1) is 15.4. The molecule has 2 rings (SSSR count). The minimum atomic E-state index is 0.354. The third kappa shape index (κ3) is 3.99. The van der Waals surface area contributed by atoms with Gasteiger partial charge in [0.2, 0.25) is 0 Å². The van der Waals surface area contributed by atoms with Crippen LogP contribution in [0.4, 0.5) is 0 Å². The van der Waals surface area contributed by atoms with E-state index in [1.165, 1.54) is 31.5 Å². The zero-order valence-electron chi connectivity index (χ0n) is 13.4. The number of nitrogens with zero attached hydrogens (tertiary/aromatic N) is 1. The monoisotopic (exact) mass is 275 g/mol. The Kier molecular flexibility index (Phi) is 4.74. The van der Waals surface area contributed by atoms with Gasteiger partial charge in [-0.1, -0.05) is 32.9 Å². The van der Waals surface area contributed by atoms with Gasteiger partial charge < -0.3 is 10.0 Å². The van der Waals surface area contributed by atoms with E-state index in [9.17, 15) is 5.11 Å². The summed E-state index contributed by atoms with van der Waals surface area (Å²) in [6.07, 6.45) is 3.72. The Morgan fingerprint density at radius 1 is 1.15 bits per heavy atom. The summed E-state index contributed by atoms with van der Waals surface area (Å²) in [7, 11) is 0. The lowest BCUT2D eigenvalue weighted by Gasteiger charge is -2.41. The van der Waals surface area contributed by atoms with Gasteiger partial charge >= 0.3 is 0 Å². The van der Waals surface area contributed by atoms with Gasteiger partial charge in [-0.15, -0.1) is 0 Å². The number of phenols is 1. The van der Waals surface area contributed by atoms with Crippen LogP contribution in [-0.4, -0.2) is 29.1 Å².